The van der Waals surface area contributed by atoms with E-state index in [0.717, 1.165) is 54.8 Å². The SMILES string of the molecule is CC(C)(c1ccc(OCc2ccnc(NS(C)(=O)=O)n2)cc1)c1ccc(OC2CCN(c3ccc4c(c3)C(O)N(C3CCC(O)NC3O)C4O)CC2)cc1. The molecule has 0 amide bonds. The van der Waals surface area contributed by atoms with E-state index in [-0.39, 0.29) is 24.1 Å². The molecule has 2 fully saturated rings. The number of hydrogen-bond donors (Lipinski definition) is 6. The maximum Gasteiger partial charge on any atom is 0.236 e. The minimum atomic E-state index is -3.48. The molecule has 0 bridgehead atoms. The maximum atomic E-state index is 11.5. The number of rotatable bonds is 11. The van der Waals surface area contributed by atoms with Crippen LogP contribution in [0.15, 0.2) is 79.0 Å². The van der Waals surface area contributed by atoms with Gasteiger partial charge in [0.05, 0.1) is 18.0 Å². The lowest BCUT2D eigenvalue weighted by molar-refractivity contribution is -0.159. The van der Waals surface area contributed by atoms with Gasteiger partial charge in [0.2, 0.25) is 16.0 Å². The molecule has 5 atom stereocenters. The summed E-state index contributed by atoms with van der Waals surface area (Å²) in [5, 5.41) is 45.3. The van der Waals surface area contributed by atoms with Gasteiger partial charge in [-0.25, -0.2) is 23.3 Å². The topological polar surface area (TPSA) is 190 Å². The van der Waals surface area contributed by atoms with E-state index < -0.39 is 41.0 Å². The van der Waals surface area contributed by atoms with E-state index in [0.29, 0.717) is 35.4 Å². The molecule has 0 spiro atoms. The molecule has 1 aromatic heterocycles. The molecule has 15 heteroatoms. The largest absolute Gasteiger partial charge is 0.490 e. The van der Waals surface area contributed by atoms with Gasteiger partial charge in [-0.15, -0.1) is 0 Å². The van der Waals surface area contributed by atoms with Crippen molar-refractivity contribution in [1.29, 1.82) is 0 Å². The number of fused-ring (bicyclic) bond motifs is 1. The predicted molar refractivity (Wildman–Crippen MR) is 202 cm³/mol. The molecule has 54 heavy (non-hydrogen) atoms. The molecule has 288 valence electrons. The van der Waals surface area contributed by atoms with Crippen molar-refractivity contribution in [1.82, 2.24) is 20.2 Å². The van der Waals surface area contributed by atoms with Crippen molar-refractivity contribution in [3.63, 3.8) is 0 Å². The van der Waals surface area contributed by atoms with Crippen molar-refractivity contribution in [2.45, 2.75) is 88.6 Å². The third-order valence-corrected chi connectivity index (χ3v) is 11.2. The smallest absolute Gasteiger partial charge is 0.236 e. The van der Waals surface area contributed by atoms with Crippen LogP contribution in [0.1, 0.15) is 79.9 Å². The number of nitrogens with zero attached hydrogens (tertiary/aromatic N) is 4. The summed E-state index contributed by atoms with van der Waals surface area (Å²) in [5.41, 5.74) is 4.73. The third kappa shape index (κ3) is 8.32. The van der Waals surface area contributed by atoms with Crippen LogP contribution in [0.5, 0.6) is 11.5 Å². The molecule has 6 N–H and O–H groups in total. The van der Waals surface area contributed by atoms with Crippen LogP contribution in [-0.2, 0) is 22.0 Å². The van der Waals surface area contributed by atoms with Gasteiger partial charge in [0.1, 0.15) is 49.1 Å². The zero-order chi connectivity index (χ0) is 38.2. The summed E-state index contributed by atoms with van der Waals surface area (Å²) in [4.78, 5) is 11.9. The van der Waals surface area contributed by atoms with Crippen LogP contribution < -0.4 is 24.4 Å². The summed E-state index contributed by atoms with van der Waals surface area (Å²) in [6.07, 6.45) is 1.09. The first-order valence-electron chi connectivity index (χ1n) is 18.2. The summed E-state index contributed by atoms with van der Waals surface area (Å²) in [5.74, 6) is 1.48. The molecule has 3 aromatic carbocycles. The lowest BCUT2D eigenvalue weighted by Gasteiger charge is -2.40. The third-order valence-electron chi connectivity index (χ3n) is 10.7. The Bertz CT molecular complexity index is 2030. The van der Waals surface area contributed by atoms with Gasteiger partial charge in [0.25, 0.3) is 0 Å². The number of aliphatic hydroxyl groups is 4. The number of aliphatic hydroxyl groups excluding tert-OH is 4. The number of ether oxygens (including phenoxy) is 2. The Morgan fingerprint density at radius 3 is 2.15 bits per heavy atom. The van der Waals surface area contributed by atoms with Crippen molar-refractivity contribution in [3.8, 4) is 11.5 Å². The molecule has 4 aromatic rings. The van der Waals surface area contributed by atoms with Gasteiger partial charge in [-0.3, -0.25) is 10.0 Å². The molecule has 0 aliphatic carbocycles. The molecule has 4 heterocycles. The first kappa shape index (κ1) is 37.9. The van der Waals surface area contributed by atoms with Gasteiger partial charge in [-0.05, 0) is 66.4 Å². The number of anilines is 2. The predicted octanol–water partition coefficient (Wildman–Crippen LogP) is 3.49. The Balaban J connectivity index is 0.910. The zero-order valence-electron chi connectivity index (χ0n) is 30.5. The Morgan fingerprint density at radius 1 is 0.852 bits per heavy atom. The van der Waals surface area contributed by atoms with E-state index in [9.17, 15) is 28.8 Å². The number of benzene rings is 3. The average molecular weight is 761 g/mol. The highest BCUT2D eigenvalue weighted by Gasteiger charge is 2.45. The Morgan fingerprint density at radius 2 is 1.50 bits per heavy atom. The van der Waals surface area contributed by atoms with E-state index in [1.807, 2.05) is 54.6 Å². The molecule has 5 unspecified atom stereocenters. The molecule has 3 aliphatic heterocycles. The van der Waals surface area contributed by atoms with Crippen molar-refractivity contribution in [3.05, 3.63) is 107 Å². The summed E-state index contributed by atoms with van der Waals surface area (Å²) < 4.78 is 37.6. The van der Waals surface area contributed by atoms with Gasteiger partial charge >= 0.3 is 0 Å². The van der Waals surface area contributed by atoms with Crippen molar-refractivity contribution in [2.75, 3.05) is 29.0 Å². The van der Waals surface area contributed by atoms with E-state index in [1.54, 1.807) is 6.07 Å². The summed E-state index contributed by atoms with van der Waals surface area (Å²) >= 11 is 0. The standard InChI is InChI=1S/C39H48N6O8S/c1-39(2,24-4-9-28(10-5-24)52-23-26-16-19-40-38(41-26)43-54(3,50)51)25-6-11-29(12-7-25)53-30-17-20-44(21-18-30)27-8-13-31-32(22-27)37(49)45(36(31)48)33-14-15-34(46)42-35(33)47/h4-13,16,19,22,30,33-37,42,46-49H,14-15,17-18,20-21,23H2,1-3H3,(H,40,41,43). The monoisotopic (exact) mass is 760 g/mol. The number of nitrogens with one attached hydrogen (secondary N) is 2. The second kappa shape index (κ2) is 15.4. The second-order valence-corrected chi connectivity index (χ2v) is 16.5. The lowest BCUT2D eigenvalue weighted by atomic mass is 9.78. The van der Waals surface area contributed by atoms with E-state index >= 15 is 0 Å². The minimum Gasteiger partial charge on any atom is -0.490 e. The first-order valence-corrected chi connectivity index (χ1v) is 20.1. The quantitative estimate of drug-likeness (QED) is 0.131. The lowest BCUT2D eigenvalue weighted by Crippen LogP contribution is -2.57. The highest BCUT2D eigenvalue weighted by atomic mass is 32.2. The fraction of sp³-hybridized carbons (Fsp3) is 0.436. The van der Waals surface area contributed by atoms with E-state index in [4.69, 9.17) is 9.47 Å². The Hall–Kier alpha value is -4.35. The number of sulfonamides is 1. The van der Waals surface area contributed by atoms with Crippen LogP contribution in [0, 0.1) is 0 Å². The van der Waals surface area contributed by atoms with Crippen molar-refractivity contribution in [2.24, 2.45) is 0 Å². The number of piperidine rings is 2. The maximum absolute atomic E-state index is 11.5. The van der Waals surface area contributed by atoms with Crippen molar-refractivity contribution < 1.29 is 38.3 Å². The zero-order valence-corrected chi connectivity index (χ0v) is 31.4. The Kier molecular flexibility index (Phi) is 10.8. The summed E-state index contributed by atoms with van der Waals surface area (Å²) in [6.45, 7) is 6.05. The summed E-state index contributed by atoms with van der Waals surface area (Å²) in [6, 6.07) is 23.0. The van der Waals surface area contributed by atoms with Crippen LogP contribution in [-0.4, -0.2) is 87.7 Å². The van der Waals surface area contributed by atoms with Gasteiger partial charge in [-0.1, -0.05) is 44.2 Å². The van der Waals surface area contributed by atoms with Gasteiger partial charge in [0.15, 0.2) is 0 Å². The fourth-order valence-electron chi connectivity index (χ4n) is 7.58. The first-order chi connectivity index (χ1) is 25.7. The Labute approximate surface area is 315 Å². The molecule has 2 saturated heterocycles. The van der Waals surface area contributed by atoms with Crippen LogP contribution >= 0.6 is 0 Å². The van der Waals surface area contributed by atoms with E-state index in [1.165, 1.54) is 11.1 Å². The minimum absolute atomic E-state index is 0.000846. The van der Waals surface area contributed by atoms with Crippen molar-refractivity contribution >= 4 is 21.7 Å². The highest BCUT2D eigenvalue weighted by molar-refractivity contribution is 7.91. The molecule has 7 rings (SSSR count). The number of hydrogen-bond acceptors (Lipinski definition) is 13. The van der Waals surface area contributed by atoms with E-state index in [2.05, 4.69) is 50.9 Å². The van der Waals surface area contributed by atoms with Crippen LogP contribution in [0.3, 0.4) is 0 Å². The fourth-order valence-corrected chi connectivity index (χ4v) is 8.01. The highest BCUT2D eigenvalue weighted by Crippen LogP contribution is 2.44. The van der Waals surface area contributed by atoms with Crippen LogP contribution in [0.2, 0.25) is 0 Å². The van der Waals surface area contributed by atoms with Gasteiger partial charge in [-0.2, -0.15) is 0 Å². The molecular weight excluding hydrogens is 713 g/mol. The number of aromatic nitrogens is 2. The average Bonchev–Trinajstić information content (AvgIpc) is 3.39. The normalized spacial score (nSPS) is 23.9. The molecule has 0 saturated carbocycles. The summed E-state index contributed by atoms with van der Waals surface area (Å²) in [7, 11) is -3.48. The molecular formula is C39H48N6O8S. The van der Waals surface area contributed by atoms with Gasteiger partial charge < -0.3 is 34.8 Å². The molecule has 3 aliphatic rings. The molecule has 0 radical (unpaired) electrons. The second-order valence-electron chi connectivity index (χ2n) is 14.8. The molecule has 14 nitrogen and oxygen atoms in total. The van der Waals surface area contributed by atoms with Crippen LogP contribution in [0.25, 0.3) is 0 Å². The van der Waals surface area contributed by atoms with Gasteiger partial charge in [0, 0.05) is 54.4 Å². The van der Waals surface area contributed by atoms with Crippen LogP contribution in [0.4, 0.5) is 11.6 Å².